The molecule has 1 heterocycles. The third-order valence-corrected chi connectivity index (χ3v) is 3.91. The van der Waals surface area contributed by atoms with Crippen LogP contribution in [0.25, 0.3) is 6.08 Å². The van der Waals surface area contributed by atoms with E-state index < -0.39 is 22.4 Å². The highest BCUT2D eigenvalue weighted by Crippen LogP contribution is 2.52. The van der Waals surface area contributed by atoms with Crippen LogP contribution in [0.1, 0.15) is 11.1 Å². The molecule has 130 valence electrons. The van der Waals surface area contributed by atoms with Crippen molar-refractivity contribution in [3.8, 4) is 11.5 Å². The first kappa shape index (κ1) is 16.8. The number of fused-ring (bicyclic) bond motifs is 1. The summed E-state index contributed by atoms with van der Waals surface area (Å²) in [5.74, 6) is 0.230. The van der Waals surface area contributed by atoms with Gasteiger partial charge >= 0.3 is 17.5 Å². The van der Waals surface area contributed by atoms with Crippen LogP contribution in [0.15, 0.2) is 54.2 Å². The van der Waals surface area contributed by atoms with Crippen molar-refractivity contribution < 1.29 is 27.6 Å². The summed E-state index contributed by atoms with van der Waals surface area (Å²) in [6, 6.07) is 10.7. The number of hydrogen-bond acceptors (Lipinski definition) is 4. The quantitative estimate of drug-likeness (QED) is 0.615. The first-order chi connectivity index (χ1) is 11.8. The molecule has 3 rings (SSSR count). The second kappa shape index (κ2) is 5.80. The molecule has 0 aliphatic carbocycles. The Morgan fingerprint density at radius 3 is 2.40 bits per heavy atom. The minimum absolute atomic E-state index is 0.118. The summed E-state index contributed by atoms with van der Waals surface area (Å²) in [7, 11) is 1.38. The van der Waals surface area contributed by atoms with E-state index in [0.717, 1.165) is 18.2 Å². The first-order valence-corrected chi connectivity index (χ1v) is 7.15. The van der Waals surface area contributed by atoms with Gasteiger partial charge in [-0.05, 0) is 18.2 Å². The molecule has 0 bridgehead atoms. The van der Waals surface area contributed by atoms with Crippen LogP contribution < -0.4 is 9.47 Å². The second-order valence-electron chi connectivity index (χ2n) is 5.34. The van der Waals surface area contributed by atoms with Crippen molar-refractivity contribution in [3.63, 3.8) is 0 Å². The van der Waals surface area contributed by atoms with E-state index >= 15 is 0 Å². The average molecular weight is 351 g/mol. The van der Waals surface area contributed by atoms with Gasteiger partial charge in [-0.25, -0.2) is 0 Å². The Labute approximate surface area is 140 Å². The summed E-state index contributed by atoms with van der Waals surface area (Å²) in [5.41, 5.74) is -4.53. The number of nitro groups is 1. The Balaban J connectivity index is 2.31. The minimum Gasteiger partial charge on any atom is -0.497 e. The lowest BCUT2D eigenvalue weighted by Crippen LogP contribution is -2.52. The van der Waals surface area contributed by atoms with Crippen molar-refractivity contribution >= 4 is 6.08 Å². The molecule has 0 aromatic heterocycles. The molecule has 1 aliphatic rings. The Morgan fingerprint density at radius 1 is 1.16 bits per heavy atom. The zero-order chi connectivity index (χ0) is 18.2. The van der Waals surface area contributed by atoms with E-state index in [-0.39, 0.29) is 16.9 Å². The molecule has 0 saturated heterocycles. The third kappa shape index (κ3) is 2.59. The minimum atomic E-state index is -5.05. The highest BCUT2D eigenvalue weighted by Gasteiger charge is 2.68. The predicted octanol–water partition coefficient (Wildman–Crippen LogP) is 4.16. The highest BCUT2D eigenvalue weighted by molar-refractivity contribution is 5.66. The zero-order valence-electron chi connectivity index (χ0n) is 12.9. The monoisotopic (exact) mass is 351 g/mol. The van der Waals surface area contributed by atoms with Crippen molar-refractivity contribution in [2.45, 2.75) is 11.8 Å². The van der Waals surface area contributed by atoms with E-state index in [1.165, 1.54) is 43.5 Å². The molecule has 0 saturated carbocycles. The van der Waals surface area contributed by atoms with Gasteiger partial charge in [0.1, 0.15) is 11.5 Å². The van der Waals surface area contributed by atoms with Crippen LogP contribution in [0.3, 0.4) is 0 Å². The number of ether oxygens (including phenoxy) is 2. The van der Waals surface area contributed by atoms with E-state index in [1.54, 1.807) is 0 Å². The van der Waals surface area contributed by atoms with Crippen molar-refractivity contribution in [2.24, 2.45) is 0 Å². The van der Waals surface area contributed by atoms with E-state index in [1.807, 2.05) is 0 Å². The third-order valence-electron chi connectivity index (χ3n) is 3.91. The Kier molecular flexibility index (Phi) is 3.90. The van der Waals surface area contributed by atoms with Crippen molar-refractivity contribution in [2.75, 3.05) is 7.11 Å². The number of alkyl halides is 3. The number of nitrogens with zero attached hydrogens (tertiary/aromatic N) is 1. The predicted molar refractivity (Wildman–Crippen MR) is 82.8 cm³/mol. The molecule has 2 aromatic carbocycles. The molecule has 2 aromatic rings. The summed E-state index contributed by atoms with van der Waals surface area (Å²) in [5, 5.41) is 11.5. The maximum Gasteiger partial charge on any atom is 0.443 e. The second-order valence-corrected chi connectivity index (χ2v) is 5.34. The van der Waals surface area contributed by atoms with Crippen LogP contribution >= 0.6 is 0 Å². The molecule has 1 unspecified atom stereocenters. The molecular weight excluding hydrogens is 339 g/mol. The van der Waals surface area contributed by atoms with Gasteiger partial charge in [-0.1, -0.05) is 30.3 Å². The fourth-order valence-corrected chi connectivity index (χ4v) is 2.75. The fourth-order valence-electron chi connectivity index (χ4n) is 2.75. The van der Waals surface area contributed by atoms with E-state index in [2.05, 4.69) is 0 Å². The summed E-state index contributed by atoms with van der Waals surface area (Å²) in [6.45, 7) is 0. The van der Waals surface area contributed by atoms with Gasteiger partial charge in [-0.3, -0.25) is 10.1 Å². The zero-order valence-corrected chi connectivity index (χ0v) is 12.9. The standard InChI is InChI=1S/C17H12F3NO4/c1-24-13-7-8-14-11(9-13)10-15(21(22)23)16(25-14,17(18,19)20)12-5-3-2-4-6-12/h2-10H,1H3. The van der Waals surface area contributed by atoms with Crippen molar-refractivity contribution in [3.05, 3.63) is 75.5 Å². The molecule has 8 heteroatoms. The summed E-state index contributed by atoms with van der Waals surface area (Å²) >= 11 is 0. The van der Waals surface area contributed by atoms with Gasteiger partial charge in [0, 0.05) is 17.2 Å². The lowest BCUT2D eigenvalue weighted by Gasteiger charge is -2.36. The van der Waals surface area contributed by atoms with Crippen molar-refractivity contribution in [1.82, 2.24) is 0 Å². The Bertz CT molecular complexity index is 849. The average Bonchev–Trinajstić information content (AvgIpc) is 2.59. The fraction of sp³-hybridized carbons (Fsp3) is 0.176. The smallest absolute Gasteiger partial charge is 0.443 e. The Morgan fingerprint density at radius 2 is 1.84 bits per heavy atom. The van der Waals surface area contributed by atoms with Gasteiger partial charge in [-0.15, -0.1) is 0 Å². The first-order valence-electron chi connectivity index (χ1n) is 7.15. The Hall–Kier alpha value is -3.03. The van der Waals surface area contributed by atoms with Gasteiger partial charge in [0.05, 0.1) is 12.0 Å². The van der Waals surface area contributed by atoms with Gasteiger partial charge < -0.3 is 9.47 Å². The van der Waals surface area contributed by atoms with Gasteiger partial charge in [-0.2, -0.15) is 13.2 Å². The number of benzene rings is 2. The highest BCUT2D eigenvalue weighted by atomic mass is 19.4. The molecule has 25 heavy (non-hydrogen) atoms. The molecule has 0 fully saturated rings. The number of methoxy groups -OCH3 is 1. The van der Waals surface area contributed by atoms with Crippen LogP contribution in [-0.2, 0) is 5.60 Å². The van der Waals surface area contributed by atoms with Gasteiger partial charge in [0.2, 0.25) is 0 Å². The van der Waals surface area contributed by atoms with Gasteiger partial charge in [0.15, 0.2) is 0 Å². The number of rotatable bonds is 3. The van der Waals surface area contributed by atoms with Crippen LogP contribution in [0.2, 0.25) is 0 Å². The van der Waals surface area contributed by atoms with E-state index in [4.69, 9.17) is 9.47 Å². The summed E-state index contributed by atoms with van der Waals surface area (Å²) in [6.07, 6.45) is -4.17. The van der Waals surface area contributed by atoms with E-state index in [0.29, 0.717) is 5.75 Å². The topological polar surface area (TPSA) is 61.6 Å². The van der Waals surface area contributed by atoms with Crippen LogP contribution in [0.4, 0.5) is 13.2 Å². The molecule has 0 radical (unpaired) electrons. The lowest BCUT2D eigenvalue weighted by atomic mass is 9.86. The molecule has 0 spiro atoms. The number of hydrogen-bond donors (Lipinski definition) is 0. The SMILES string of the molecule is COc1ccc2c(c1)C=C([N+](=O)[O-])C(c1ccccc1)(C(F)(F)F)O2. The molecule has 1 aliphatic heterocycles. The maximum absolute atomic E-state index is 14.0. The number of halogens is 3. The normalized spacial score (nSPS) is 19.4. The van der Waals surface area contributed by atoms with Crippen LogP contribution in [0, 0.1) is 10.1 Å². The lowest BCUT2D eigenvalue weighted by molar-refractivity contribution is -0.458. The summed E-state index contributed by atoms with van der Waals surface area (Å²) < 4.78 is 52.4. The molecule has 0 amide bonds. The molecule has 5 nitrogen and oxygen atoms in total. The summed E-state index contributed by atoms with van der Waals surface area (Å²) in [4.78, 5) is 10.4. The molecule has 1 atom stereocenters. The van der Waals surface area contributed by atoms with Crippen LogP contribution in [0.5, 0.6) is 11.5 Å². The maximum atomic E-state index is 14.0. The van der Waals surface area contributed by atoms with Crippen molar-refractivity contribution in [1.29, 1.82) is 0 Å². The molecule has 0 N–H and O–H groups in total. The van der Waals surface area contributed by atoms with Crippen LogP contribution in [-0.4, -0.2) is 18.2 Å². The molecular formula is C17H12F3NO4. The van der Waals surface area contributed by atoms with Gasteiger partial charge in [0.25, 0.3) is 0 Å². The van der Waals surface area contributed by atoms with E-state index in [9.17, 15) is 23.3 Å². The largest absolute Gasteiger partial charge is 0.497 e.